The van der Waals surface area contributed by atoms with E-state index in [1.165, 1.54) is 31.3 Å². The van der Waals surface area contributed by atoms with Gasteiger partial charge in [-0.3, -0.25) is 20.1 Å². The zero-order valence-electron chi connectivity index (χ0n) is 18.7. The van der Waals surface area contributed by atoms with E-state index in [1.807, 2.05) is 12.1 Å². The third-order valence-corrected chi connectivity index (χ3v) is 5.62. The summed E-state index contributed by atoms with van der Waals surface area (Å²) in [5, 5.41) is 2.58. The third-order valence-electron chi connectivity index (χ3n) is 5.62. The van der Waals surface area contributed by atoms with Gasteiger partial charge >= 0.3 is 12.2 Å². The van der Waals surface area contributed by atoms with Crippen LogP contribution in [0.4, 0.5) is 23.7 Å². The SMILES string of the molecule is O=C(NNC(=O)c1cc(-c2cccnc2)cc(C(F)(F)F)c1)Nc1ccc(CN2CCCC2)cc1. The van der Waals surface area contributed by atoms with Crippen molar-refractivity contribution in [1.82, 2.24) is 20.7 Å². The van der Waals surface area contributed by atoms with Gasteiger partial charge in [0.15, 0.2) is 0 Å². The van der Waals surface area contributed by atoms with Gasteiger partial charge in [0.05, 0.1) is 5.56 Å². The Kier molecular flexibility index (Phi) is 7.31. The number of rotatable bonds is 5. The number of hydrogen-bond acceptors (Lipinski definition) is 4. The second-order valence-corrected chi connectivity index (χ2v) is 8.25. The third kappa shape index (κ3) is 6.57. The fourth-order valence-corrected chi connectivity index (χ4v) is 3.86. The van der Waals surface area contributed by atoms with Crippen LogP contribution >= 0.6 is 0 Å². The van der Waals surface area contributed by atoms with Gasteiger partial charge in [0, 0.05) is 35.8 Å². The molecule has 0 radical (unpaired) electrons. The Morgan fingerprint density at radius 2 is 1.69 bits per heavy atom. The normalized spacial score (nSPS) is 13.9. The summed E-state index contributed by atoms with van der Waals surface area (Å²) < 4.78 is 40.2. The minimum absolute atomic E-state index is 0.177. The first-order valence-corrected chi connectivity index (χ1v) is 11.1. The Labute approximate surface area is 200 Å². The molecule has 10 heteroatoms. The van der Waals surface area contributed by atoms with Crippen LogP contribution in [-0.2, 0) is 12.7 Å². The van der Waals surface area contributed by atoms with Gasteiger partial charge in [0.2, 0.25) is 0 Å². The van der Waals surface area contributed by atoms with E-state index in [1.54, 1.807) is 24.3 Å². The molecule has 0 saturated carbocycles. The van der Waals surface area contributed by atoms with Gasteiger partial charge < -0.3 is 5.32 Å². The first-order chi connectivity index (χ1) is 16.8. The van der Waals surface area contributed by atoms with Crippen molar-refractivity contribution in [1.29, 1.82) is 0 Å². The Morgan fingerprint density at radius 1 is 0.943 bits per heavy atom. The number of benzene rings is 2. The first-order valence-electron chi connectivity index (χ1n) is 11.1. The lowest BCUT2D eigenvalue weighted by atomic mass is 10.0. The molecule has 3 amide bonds. The van der Waals surface area contributed by atoms with Gasteiger partial charge in [-0.05, 0) is 73.5 Å². The average Bonchev–Trinajstić information content (AvgIpc) is 3.36. The van der Waals surface area contributed by atoms with E-state index in [0.29, 0.717) is 11.3 Å². The molecule has 182 valence electrons. The molecule has 3 aromatic rings. The number of nitrogens with zero attached hydrogens (tertiary/aromatic N) is 2. The van der Waals surface area contributed by atoms with Crippen molar-refractivity contribution in [2.45, 2.75) is 25.6 Å². The van der Waals surface area contributed by atoms with E-state index in [-0.39, 0.29) is 11.1 Å². The van der Waals surface area contributed by atoms with Crippen molar-refractivity contribution < 1.29 is 22.8 Å². The summed E-state index contributed by atoms with van der Waals surface area (Å²) in [4.78, 5) is 31.0. The summed E-state index contributed by atoms with van der Waals surface area (Å²) in [7, 11) is 0. The zero-order valence-corrected chi connectivity index (χ0v) is 18.7. The second-order valence-electron chi connectivity index (χ2n) is 8.25. The molecule has 0 atom stereocenters. The second kappa shape index (κ2) is 10.6. The molecule has 2 aromatic carbocycles. The summed E-state index contributed by atoms with van der Waals surface area (Å²) in [5.41, 5.74) is 5.31. The van der Waals surface area contributed by atoms with Crippen molar-refractivity contribution in [3.8, 4) is 11.1 Å². The first kappa shape index (κ1) is 24.2. The number of halogens is 3. The number of amides is 3. The van der Waals surface area contributed by atoms with Crippen LogP contribution in [0.15, 0.2) is 67.0 Å². The van der Waals surface area contributed by atoms with Gasteiger partial charge in [-0.1, -0.05) is 18.2 Å². The number of alkyl halides is 3. The number of aromatic nitrogens is 1. The molecule has 4 rings (SSSR count). The standard InChI is InChI=1S/C25H24F3N5O2/c26-25(27,28)21-13-19(18-4-3-9-29-15-18)12-20(14-21)23(34)31-32-24(35)30-22-7-5-17(6-8-22)16-33-10-1-2-11-33/h3-9,12-15H,1-2,10-11,16H2,(H,31,34)(H2,30,32,35). The minimum atomic E-state index is -4.65. The van der Waals surface area contributed by atoms with Crippen LogP contribution in [0, 0.1) is 0 Å². The molecule has 1 aliphatic heterocycles. The van der Waals surface area contributed by atoms with E-state index in [9.17, 15) is 22.8 Å². The van der Waals surface area contributed by atoms with Crippen molar-refractivity contribution in [3.63, 3.8) is 0 Å². The van der Waals surface area contributed by atoms with Crippen LogP contribution in [0.2, 0.25) is 0 Å². The van der Waals surface area contributed by atoms with Gasteiger partial charge in [-0.15, -0.1) is 0 Å². The van der Waals surface area contributed by atoms with Crippen LogP contribution in [0.3, 0.4) is 0 Å². The fourth-order valence-electron chi connectivity index (χ4n) is 3.86. The molecule has 1 aliphatic rings. The van der Waals surface area contributed by atoms with Crippen LogP contribution < -0.4 is 16.2 Å². The Hall–Kier alpha value is -3.92. The van der Waals surface area contributed by atoms with Crippen LogP contribution in [-0.4, -0.2) is 34.9 Å². The van der Waals surface area contributed by atoms with E-state index in [2.05, 4.69) is 26.1 Å². The number of anilines is 1. The average molecular weight is 483 g/mol. The van der Waals surface area contributed by atoms with Crippen LogP contribution in [0.1, 0.15) is 34.3 Å². The maximum absolute atomic E-state index is 13.4. The summed E-state index contributed by atoms with van der Waals surface area (Å²) in [6.45, 7) is 3.01. The summed E-state index contributed by atoms with van der Waals surface area (Å²) >= 11 is 0. The van der Waals surface area contributed by atoms with Crippen LogP contribution in [0.5, 0.6) is 0 Å². The lowest BCUT2D eigenvalue weighted by Gasteiger charge is -2.15. The molecule has 1 fully saturated rings. The maximum atomic E-state index is 13.4. The van der Waals surface area contributed by atoms with Crippen molar-refractivity contribution >= 4 is 17.6 Å². The molecule has 0 bridgehead atoms. The molecule has 0 aliphatic carbocycles. The summed E-state index contributed by atoms with van der Waals surface area (Å²) in [6, 6.07) is 12.7. The highest BCUT2D eigenvalue weighted by molar-refractivity contribution is 5.98. The Balaban J connectivity index is 1.38. The lowest BCUT2D eigenvalue weighted by Crippen LogP contribution is -2.44. The molecular weight excluding hydrogens is 459 g/mol. The molecule has 1 aromatic heterocycles. The summed E-state index contributed by atoms with van der Waals surface area (Å²) in [5.74, 6) is -0.891. The number of hydrogen-bond donors (Lipinski definition) is 3. The van der Waals surface area contributed by atoms with E-state index >= 15 is 0 Å². The highest BCUT2D eigenvalue weighted by Gasteiger charge is 2.32. The molecular formula is C25H24F3N5O2. The topological polar surface area (TPSA) is 86.4 Å². The Bertz CT molecular complexity index is 1180. The molecule has 35 heavy (non-hydrogen) atoms. The van der Waals surface area contributed by atoms with Crippen LogP contribution in [0.25, 0.3) is 11.1 Å². The number of carbonyl (C=O) groups excluding carboxylic acids is 2. The van der Waals surface area contributed by atoms with Gasteiger partial charge in [0.1, 0.15) is 0 Å². The van der Waals surface area contributed by atoms with Gasteiger partial charge in [-0.2, -0.15) is 13.2 Å². The largest absolute Gasteiger partial charge is 0.416 e. The highest BCUT2D eigenvalue weighted by Crippen LogP contribution is 2.33. The molecule has 2 heterocycles. The van der Waals surface area contributed by atoms with Gasteiger partial charge in [-0.25, -0.2) is 10.2 Å². The molecule has 1 saturated heterocycles. The van der Waals surface area contributed by atoms with Crippen molar-refractivity contribution in [2.75, 3.05) is 18.4 Å². The number of carbonyl (C=O) groups is 2. The predicted octanol–water partition coefficient (Wildman–Crippen LogP) is 4.83. The van der Waals surface area contributed by atoms with Gasteiger partial charge in [0.25, 0.3) is 5.91 Å². The van der Waals surface area contributed by atoms with Crippen molar-refractivity contribution in [2.24, 2.45) is 0 Å². The number of likely N-dealkylation sites (tertiary alicyclic amines) is 1. The highest BCUT2D eigenvalue weighted by atomic mass is 19.4. The molecule has 0 unspecified atom stereocenters. The number of urea groups is 1. The van der Waals surface area contributed by atoms with E-state index < -0.39 is 23.7 Å². The lowest BCUT2D eigenvalue weighted by molar-refractivity contribution is -0.137. The zero-order chi connectivity index (χ0) is 24.8. The quantitative estimate of drug-likeness (QED) is 0.454. The molecule has 3 N–H and O–H groups in total. The predicted molar refractivity (Wildman–Crippen MR) is 125 cm³/mol. The smallest absolute Gasteiger partial charge is 0.307 e. The summed E-state index contributed by atoms with van der Waals surface area (Å²) in [6.07, 6.45) is 0.653. The Morgan fingerprint density at radius 3 is 2.34 bits per heavy atom. The number of pyridine rings is 1. The monoisotopic (exact) mass is 483 g/mol. The minimum Gasteiger partial charge on any atom is -0.307 e. The number of hydrazine groups is 1. The number of nitrogens with one attached hydrogen (secondary N) is 3. The molecule has 0 spiro atoms. The van der Waals surface area contributed by atoms with E-state index in [0.717, 1.165) is 37.3 Å². The van der Waals surface area contributed by atoms with Crippen molar-refractivity contribution in [3.05, 3.63) is 83.7 Å². The maximum Gasteiger partial charge on any atom is 0.416 e. The van der Waals surface area contributed by atoms with E-state index in [4.69, 9.17) is 0 Å². The molecule has 7 nitrogen and oxygen atoms in total. The fraction of sp³-hybridized carbons (Fsp3) is 0.240.